The van der Waals surface area contributed by atoms with E-state index in [2.05, 4.69) is 31.3 Å². The SMILES string of the molecule is Cc1cc(C(=O)Nc2ccc(Br)cn2)nn1C. The Morgan fingerprint density at radius 3 is 2.76 bits per heavy atom. The molecule has 0 aromatic carbocycles. The first kappa shape index (κ1) is 11.8. The number of carbonyl (C=O) groups excluding carboxylic acids is 1. The minimum absolute atomic E-state index is 0.261. The van der Waals surface area contributed by atoms with E-state index in [9.17, 15) is 4.79 Å². The Labute approximate surface area is 107 Å². The fraction of sp³-hybridized carbons (Fsp3) is 0.182. The fourth-order valence-corrected chi connectivity index (χ4v) is 1.54. The maximum Gasteiger partial charge on any atom is 0.277 e. The summed E-state index contributed by atoms with van der Waals surface area (Å²) in [5.41, 5.74) is 1.31. The largest absolute Gasteiger partial charge is 0.305 e. The minimum atomic E-state index is -0.261. The van der Waals surface area contributed by atoms with Gasteiger partial charge < -0.3 is 5.32 Å². The van der Waals surface area contributed by atoms with E-state index in [0.717, 1.165) is 10.2 Å². The lowest BCUT2D eigenvalue weighted by atomic mass is 10.3. The number of hydrogen-bond donors (Lipinski definition) is 1. The van der Waals surface area contributed by atoms with Crippen LogP contribution in [0.15, 0.2) is 28.9 Å². The Morgan fingerprint density at radius 1 is 1.47 bits per heavy atom. The topological polar surface area (TPSA) is 59.8 Å². The van der Waals surface area contributed by atoms with Gasteiger partial charge in [0.15, 0.2) is 5.69 Å². The van der Waals surface area contributed by atoms with Crippen molar-refractivity contribution in [1.29, 1.82) is 0 Å². The number of halogens is 1. The van der Waals surface area contributed by atoms with Crippen LogP contribution in [0.4, 0.5) is 5.82 Å². The Bertz CT molecular complexity index is 528. The molecule has 0 fully saturated rings. The quantitative estimate of drug-likeness (QED) is 0.923. The monoisotopic (exact) mass is 294 g/mol. The lowest BCUT2D eigenvalue weighted by molar-refractivity contribution is 0.102. The molecule has 0 unspecified atom stereocenters. The van der Waals surface area contributed by atoms with Gasteiger partial charge in [0.2, 0.25) is 0 Å². The predicted octanol–water partition coefficient (Wildman–Crippen LogP) is 2.14. The molecule has 2 rings (SSSR count). The van der Waals surface area contributed by atoms with Crippen LogP contribution < -0.4 is 5.32 Å². The zero-order valence-corrected chi connectivity index (χ0v) is 11.0. The maximum absolute atomic E-state index is 11.8. The van der Waals surface area contributed by atoms with Crippen LogP contribution in [0.3, 0.4) is 0 Å². The highest BCUT2D eigenvalue weighted by atomic mass is 79.9. The zero-order valence-electron chi connectivity index (χ0n) is 9.44. The number of nitrogens with one attached hydrogen (secondary N) is 1. The maximum atomic E-state index is 11.8. The van der Waals surface area contributed by atoms with E-state index >= 15 is 0 Å². The van der Waals surface area contributed by atoms with Crippen molar-refractivity contribution < 1.29 is 4.79 Å². The molecule has 0 aliphatic carbocycles. The van der Waals surface area contributed by atoms with Crippen molar-refractivity contribution in [2.75, 3.05) is 5.32 Å². The number of pyridine rings is 1. The number of anilines is 1. The third-order valence-electron chi connectivity index (χ3n) is 2.32. The van der Waals surface area contributed by atoms with Crippen molar-refractivity contribution in [2.24, 2.45) is 7.05 Å². The van der Waals surface area contributed by atoms with Gasteiger partial charge in [0.25, 0.3) is 5.91 Å². The molecule has 1 amide bonds. The first-order valence-electron chi connectivity index (χ1n) is 5.00. The highest BCUT2D eigenvalue weighted by Crippen LogP contribution is 2.11. The molecule has 2 heterocycles. The van der Waals surface area contributed by atoms with Crippen molar-refractivity contribution in [3.8, 4) is 0 Å². The summed E-state index contributed by atoms with van der Waals surface area (Å²) in [6, 6.07) is 5.26. The summed E-state index contributed by atoms with van der Waals surface area (Å²) in [6.45, 7) is 1.89. The van der Waals surface area contributed by atoms with Gasteiger partial charge in [0.1, 0.15) is 5.82 Å². The number of rotatable bonds is 2. The van der Waals surface area contributed by atoms with Crippen LogP contribution >= 0.6 is 15.9 Å². The summed E-state index contributed by atoms with van der Waals surface area (Å²) in [6.07, 6.45) is 1.62. The normalized spacial score (nSPS) is 10.3. The third kappa shape index (κ3) is 2.71. The smallest absolute Gasteiger partial charge is 0.277 e. The number of hydrogen-bond acceptors (Lipinski definition) is 3. The third-order valence-corrected chi connectivity index (χ3v) is 2.78. The van der Waals surface area contributed by atoms with Crippen LogP contribution in [-0.2, 0) is 7.05 Å². The van der Waals surface area contributed by atoms with Crippen LogP contribution in [0.25, 0.3) is 0 Å². The second kappa shape index (κ2) is 4.67. The molecule has 0 atom stereocenters. The lowest BCUT2D eigenvalue weighted by Crippen LogP contribution is -2.13. The number of aryl methyl sites for hydroxylation is 2. The molecular weight excluding hydrogens is 284 g/mol. The van der Waals surface area contributed by atoms with Crippen molar-refractivity contribution in [2.45, 2.75) is 6.92 Å². The average molecular weight is 295 g/mol. The van der Waals surface area contributed by atoms with E-state index in [1.165, 1.54) is 0 Å². The molecule has 0 aliphatic heterocycles. The standard InChI is InChI=1S/C11H11BrN4O/c1-7-5-9(15-16(7)2)11(17)14-10-4-3-8(12)6-13-10/h3-6H,1-2H3,(H,13,14,17). The lowest BCUT2D eigenvalue weighted by Gasteiger charge is -2.01. The Balaban J connectivity index is 2.14. The molecular formula is C11H11BrN4O. The van der Waals surface area contributed by atoms with Crippen molar-refractivity contribution in [3.63, 3.8) is 0 Å². The molecule has 6 heteroatoms. The van der Waals surface area contributed by atoms with Gasteiger partial charge in [-0.1, -0.05) is 0 Å². The van der Waals surface area contributed by atoms with Crippen molar-refractivity contribution in [1.82, 2.24) is 14.8 Å². The van der Waals surface area contributed by atoms with Gasteiger partial charge in [0, 0.05) is 23.4 Å². The average Bonchev–Trinajstić information content (AvgIpc) is 2.63. The number of aromatic nitrogens is 3. The van der Waals surface area contributed by atoms with E-state index in [0.29, 0.717) is 11.5 Å². The first-order chi connectivity index (χ1) is 8.06. The van der Waals surface area contributed by atoms with E-state index in [1.807, 2.05) is 13.0 Å². The summed E-state index contributed by atoms with van der Waals surface area (Å²) >= 11 is 3.28. The predicted molar refractivity (Wildman–Crippen MR) is 67.8 cm³/mol. The van der Waals surface area contributed by atoms with Gasteiger partial charge in [-0.25, -0.2) is 4.98 Å². The minimum Gasteiger partial charge on any atom is -0.305 e. The first-order valence-corrected chi connectivity index (χ1v) is 5.79. The fourth-order valence-electron chi connectivity index (χ4n) is 1.30. The van der Waals surface area contributed by atoms with Gasteiger partial charge in [-0.05, 0) is 41.1 Å². The molecule has 0 spiro atoms. The summed E-state index contributed by atoms with van der Waals surface area (Å²) in [7, 11) is 1.80. The Kier molecular flexibility index (Phi) is 3.23. The summed E-state index contributed by atoms with van der Waals surface area (Å²) in [4.78, 5) is 15.9. The molecule has 0 aliphatic rings. The highest BCUT2D eigenvalue weighted by molar-refractivity contribution is 9.10. The summed E-state index contributed by atoms with van der Waals surface area (Å²) in [5, 5.41) is 6.77. The van der Waals surface area contributed by atoms with Crippen LogP contribution in [0.5, 0.6) is 0 Å². The van der Waals surface area contributed by atoms with E-state index in [-0.39, 0.29) is 5.91 Å². The van der Waals surface area contributed by atoms with Crippen molar-refractivity contribution >= 4 is 27.7 Å². The van der Waals surface area contributed by atoms with Gasteiger partial charge >= 0.3 is 0 Å². The molecule has 0 saturated heterocycles. The molecule has 5 nitrogen and oxygen atoms in total. The second-order valence-electron chi connectivity index (χ2n) is 3.61. The number of carbonyl (C=O) groups is 1. The summed E-state index contributed by atoms with van der Waals surface area (Å²) < 4.78 is 2.52. The van der Waals surface area contributed by atoms with Crippen LogP contribution in [0, 0.1) is 6.92 Å². The molecule has 88 valence electrons. The van der Waals surface area contributed by atoms with Crippen LogP contribution in [-0.4, -0.2) is 20.7 Å². The van der Waals surface area contributed by atoms with Crippen molar-refractivity contribution in [3.05, 3.63) is 40.3 Å². The van der Waals surface area contributed by atoms with Gasteiger partial charge in [-0.3, -0.25) is 9.48 Å². The molecule has 0 bridgehead atoms. The molecule has 2 aromatic rings. The number of amides is 1. The zero-order chi connectivity index (χ0) is 12.4. The van der Waals surface area contributed by atoms with E-state index < -0.39 is 0 Å². The molecule has 1 N–H and O–H groups in total. The van der Waals surface area contributed by atoms with E-state index in [1.54, 1.807) is 30.1 Å². The molecule has 2 aromatic heterocycles. The second-order valence-corrected chi connectivity index (χ2v) is 4.53. The van der Waals surface area contributed by atoms with Gasteiger partial charge in [-0.2, -0.15) is 5.10 Å². The van der Waals surface area contributed by atoms with Gasteiger partial charge in [0.05, 0.1) is 0 Å². The Morgan fingerprint density at radius 2 is 2.24 bits per heavy atom. The Hall–Kier alpha value is -1.69. The van der Waals surface area contributed by atoms with Gasteiger partial charge in [-0.15, -0.1) is 0 Å². The number of nitrogens with zero attached hydrogens (tertiary/aromatic N) is 3. The van der Waals surface area contributed by atoms with Crippen LogP contribution in [0.1, 0.15) is 16.2 Å². The molecule has 0 radical (unpaired) electrons. The summed E-state index contributed by atoms with van der Waals surface area (Å²) in [5.74, 6) is 0.241. The van der Waals surface area contributed by atoms with Crippen LogP contribution in [0.2, 0.25) is 0 Å². The highest BCUT2D eigenvalue weighted by Gasteiger charge is 2.11. The van der Waals surface area contributed by atoms with E-state index in [4.69, 9.17) is 0 Å². The molecule has 17 heavy (non-hydrogen) atoms. The molecule has 0 saturated carbocycles.